The number of rotatable bonds is 5. The van der Waals surface area contributed by atoms with Crippen LogP contribution in [0.1, 0.15) is 63.9 Å². The molecule has 2 N–H and O–H groups in total. The molecule has 1 aliphatic rings. The van der Waals surface area contributed by atoms with Crippen molar-refractivity contribution in [3.05, 3.63) is 58.4 Å². The average molecular weight is 340 g/mol. The van der Waals surface area contributed by atoms with Crippen LogP contribution in [-0.2, 0) is 16.7 Å². The summed E-state index contributed by atoms with van der Waals surface area (Å²) in [7, 11) is 1.35. The number of aryl methyl sites for hydroxylation is 1. The lowest BCUT2D eigenvalue weighted by Gasteiger charge is -2.43. The Morgan fingerprint density at radius 3 is 2.44 bits per heavy atom. The smallest absolute Gasteiger partial charge is 0.339 e. The van der Waals surface area contributed by atoms with Crippen molar-refractivity contribution in [3.8, 4) is 0 Å². The maximum absolute atomic E-state index is 12.9. The van der Waals surface area contributed by atoms with Crippen LogP contribution in [0.4, 0.5) is 0 Å². The summed E-state index contributed by atoms with van der Waals surface area (Å²) in [4.78, 5) is 28.1. The minimum atomic E-state index is -0.411. The highest BCUT2D eigenvalue weighted by molar-refractivity contribution is 6.00. The molecule has 1 aliphatic carbocycles. The Bertz CT molecular complexity index is 789. The van der Waals surface area contributed by atoms with E-state index < -0.39 is 5.97 Å². The van der Waals surface area contributed by atoms with Crippen molar-refractivity contribution >= 4 is 11.9 Å². The lowest BCUT2D eigenvalue weighted by Crippen LogP contribution is -2.51. The third kappa shape index (κ3) is 2.95. The largest absolute Gasteiger partial charge is 0.465 e. The minimum absolute atomic E-state index is 0.175. The Balaban J connectivity index is 1.91. The highest BCUT2D eigenvalue weighted by atomic mass is 16.5. The Labute approximate surface area is 147 Å². The van der Waals surface area contributed by atoms with Crippen LogP contribution in [0.2, 0.25) is 0 Å². The topological polar surface area (TPSA) is 71.2 Å². The van der Waals surface area contributed by atoms with Gasteiger partial charge in [0.15, 0.2) is 0 Å². The van der Waals surface area contributed by atoms with Gasteiger partial charge in [0, 0.05) is 5.69 Å². The summed E-state index contributed by atoms with van der Waals surface area (Å²) in [5, 5.41) is 3.20. The number of aromatic nitrogens is 1. The molecule has 5 heteroatoms. The van der Waals surface area contributed by atoms with Gasteiger partial charge in [-0.2, -0.15) is 0 Å². The van der Waals surface area contributed by atoms with Gasteiger partial charge in [0.2, 0.25) is 0 Å². The minimum Gasteiger partial charge on any atom is -0.465 e. The van der Waals surface area contributed by atoms with E-state index in [4.69, 9.17) is 4.74 Å². The fourth-order valence-electron chi connectivity index (χ4n) is 3.58. The summed E-state index contributed by atoms with van der Waals surface area (Å²) < 4.78 is 4.86. The number of aromatic amines is 1. The second kappa shape index (κ2) is 6.75. The first-order chi connectivity index (χ1) is 12.0. The summed E-state index contributed by atoms with van der Waals surface area (Å²) in [6.45, 7) is 3.73. The van der Waals surface area contributed by atoms with Crippen molar-refractivity contribution in [2.45, 2.75) is 45.1 Å². The number of esters is 1. The van der Waals surface area contributed by atoms with Crippen LogP contribution in [0.25, 0.3) is 0 Å². The molecule has 1 aromatic carbocycles. The number of methoxy groups -OCH3 is 1. The monoisotopic (exact) mass is 340 g/mol. The fourth-order valence-corrected chi connectivity index (χ4v) is 3.58. The molecule has 0 spiro atoms. The molecular weight excluding hydrogens is 316 g/mol. The number of ether oxygens (including phenoxy) is 1. The standard InChI is InChI=1S/C20H24N2O3/c1-4-15-16(19(24)25-3)13(2)17(21-15)18(23)22-20(11-8-12-20)14-9-6-5-7-10-14/h5-7,9-10,21H,4,8,11-12H2,1-3H3,(H,22,23). The quantitative estimate of drug-likeness (QED) is 0.819. The van der Waals surface area contributed by atoms with Gasteiger partial charge in [-0.3, -0.25) is 4.79 Å². The van der Waals surface area contributed by atoms with Gasteiger partial charge in [0.1, 0.15) is 5.69 Å². The van der Waals surface area contributed by atoms with Crippen molar-refractivity contribution < 1.29 is 14.3 Å². The van der Waals surface area contributed by atoms with E-state index in [9.17, 15) is 9.59 Å². The Morgan fingerprint density at radius 2 is 1.92 bits per heavy atom. The number of hydrogen-bond donors (Lipinski definition) is 2. The summed E-state index contributed by atoms with van der Waals surface area (Å²) in [5.41, 5.74) is 3.11. The number of hydrogen-bond acceptors (Lipinski definition) is 3. The van der Waals surface area contributed by atoms with Gasteiger partial charge in [-0.25, -0.2) is 4.79 Å². The average Bonchev–Trinajstić information content (AvgIpc) is 2.94. The second-order valence-electron chi connectivity index (χ2n) is 6.58. The van der Waals surface area contributed by atoms with E-state index in [1.54, 1.807) is 6.92 Å². The first-order valence-electron chi connectivity index (χ1n) is 8.70. The molecule has 1 saturated carbocycles. The van der Waals surface area contributed by atoms with Crippen LogP contribution in [0, 0.1) is 6.92 Å². The zero-order valence-electron chi connectivity index (χ0n) is 14.9. The van der Waals surface area contributed by atoms with Crippen molar-refractivity contribution in [1.29, 1.82) is 0 Å². The predicted molar refractivity (Wildman–Crippen MR) is 95.7 cm³/mol. The Hall–Kier alpha value is -2.56. The lowest BCUT2D eigenvalue weighted by molar-refractivity contribution is 0.0599. The maximum atomic E-state index is 12.9. The number of nitrogens with one attached hydrogen (secondary N) is 2. The van der Waals surface area contributed by atoms with Gasteiger partial charge in [-0.1, -0.05) is 37.3 Å². The number of carbonyl (C=O) groups is 2. The third-order valence-corrected chi connectivity index (χ3v) is 5.18. The molecule has 1 amide bonds. The molecular formula is C20H24N2O3. The maximum Gasteiger partial charge on any atom is 0.339 e. The van der Waals surface area contributed by atoms with Crippen LogP contribution in [0.3, 0.4) is 0 Å². The van der Waals surface area contributed by atoms with Crippen molar-refractivity contribution in [3.63, 3.8) is 0 Å². The van der Waals surface area contributed by atoms with E-state index in [1.807, 2.05) is 25.1 Å². The van der Waals surface area contributed by atoms with E-state index in [-0.39, 0.29) is 11.4 Å². The lowest BCUT2D eigenvalue weighted by atomic mass is 9.71. The highest BCUT2D eigenvalue weighted by Crippen LogP contribution is 2.41. The van der Waals surface area contributed by atoms with Gasteiger partial charge in [-0.05, 0) is 43.7 Å². The van der Waals surface area contributed by atoms with Crippen molar-refractivity contribution in [2.24, 2.45) is 0 Å². The van der Waals surface area contributed by atoms with Gasteiger partial charge in [0.05, 0.1) is 18.2 Å². The molecule has 1 fully saturated rings. The molecule has 0 bridgehead atoms. The number of H-pyrrole nitrogens is 1. The summed E-state index contributed by atoms with van der Waals surface area (Å²) >= 11 is 0. The number of benzene rings is 1. The van der Waals surface area contributed by atoms with Crippen LogP contribution < -0.4 is 5.32 Å². The van der Waals surface area contributed by atoms with E-state index in [1.165, 1.54) is 7.11 Å². The van der Waals surface area contributed by atoms with Crippen molar-refractivity contribution in [1.82, 2.24) is 10.3 Å². The first kappa shape index (κ1) is 17.3. The molecule has 1 heterocycles. The first-order valence-corrected chi connectivity index (χ1v) is 8.70. The molecule has 2 aromatic rings. The Morgan fingerprint density at radius 1 is 1.24 bits per heavy atom. The summed E-state index contributed by atoms with van der Waals surface area (Å²) in [6.07, 6.45) is 3.56. The molecule has 1 aromatic heterocycles. The number of carbonyl (C=O) groups excluding carboxylic acids is 2. The number of amides is 1. The van der Waals surface area contributed by atoms with Crippen LogP contribution >= 0.6 is 0 Å². The molecule has 0 atom stereocenters. The molecule has 3 rings (SSSR count). The summed E-state index contributed by atoms with van der Waals surface area (Å²) in [5.74, 6) is -0.586. The van der Waals surface area contributed by atoms with Crippen LogP contribution in [0.15, 0.2) is 30.3 Å². The third-order valence-electron chi connectivity index (χ3n) is 5.18. The van der Waals surface area contributed by atoms with E-state index in [0.29, 0.717) is 23.2 Å². The van der Waals surface area contributed by atoms with Crippen LogP contribution in [-0.4, -0.2) is 24.0 Å². The zero-order valence-corrected chi connectivity index (χ0v) is 14.9. The normalized spacial score (nSPS) is 15.3. The van der Waals surface area contributed by atoms with Gasteiger partial charge >= 0.3 is 5.97 Å². The molecule has 0 unspecified atom stereocenters. The van der Waals surface area contributed by atoms with Crippen molar-refractivity contribution in [2.75, 3.05) is 7.11 Å². The predicted octanol–water partition coefficient (Wildman–Crippen LogP) is 3.48. The zero-order chi connectivity index (χ0) is 18.0. The SMILES string of the molecule is CCc1[nH]c(C(=O)NC2(c3ccccc3)CCC2)c(C)c1C(=O)OC. The highest BCUT2D eigenvalue weighted by Gasteiger charge is 2.40. The fraction of sp³-hybridized carbons (Fsp3) is 0.400. The van der Waals surface area contributed by atoms with E-state index in [2.05, 4.69) is 22.4 Å². The van der Waals surface area contributed by atoms with E-state index in [0.717, 1.165) is 30.5 Å². The molecule has 0 radical (unpaired) electrons. The molecule has 25 heavy (non-hydrogen) atoms. The van der Waals surface area contributed by atoms with Gasteiger partial charge in [0.25, 0.3) is 5.91 Å². The molecule has 5 nitrogen and oxygen atoms in total. The summed E-state index contributed by atoms with van der Waals surface area (Å²) in [6, 6.07) is 10.1. The molecule has 0 saturated heterocycles. The van der Waals surface area contributed by atoms with Gasteiger partial charge < -0.3 is 15.0 Å². The van der Waals surface area contributed by atoms with E-state index >= 15 is 0 Å². The molecule has 0 aliphatic heterocycles. The molecule has 132 valence electrons. The second-order valence-corrected chi connectivity index (χ2v) is 6.58. The Kier molecular flexibility index (Phi) is 4.66. The van der Waals surface area contributed by atoms with Gasteiger partial charge in [-0.15, -0.1) is 0 Å². The van der Waals surface area contributed by atoms with Crippen LogP contribution in [0.5, 0.6) is 0 Å².